The van der Waals surface area contributed by atoms with Gasteiger partial charge in [-0.1, -0.05) is 20.3 Å². The summed E-state index contributed by atoms with van der Waals surface area (Å²) < 4.78 is 0. The number of primary amides is 1. The Kier molecular flexibility index (Phi) is 11.5. The third-order valence-electron chi connectivity index (χ3n) is 4.41. The maximum atomic E-state index is 12.7. The second-order valence-electron chi connectivity index (χ2n) is 6.96. The van der Waals surface area contributed by atoms with Gasteiger partial charge in [0.1, 0.15) is 24.2 Å². The number of carboxylic acids is 1. The van der Waals surface area contributed by atoms with Crippen LogP contribution in [0.2, 0.25) is 0 Å². The molecule has 0 aliphatic rings. The molecule has 0 fully saturated rings. The fourth-order valence-electron chi connectivity index (χ4n) is 2.36. The summed E-state index contributed by atoms with van der Waals surface area (Å²) in [7, 11) is 0. The van der Waals surface area contributed by atoms with Gasteiger partial charge in [0.2, 0.25) is 23.6 Å². The van der Waals surface area contributed by atoms with Gasteiger partial charge in [0.05, 0.1) is 19.1 Å². The number of hydrogen-bond acceptors (Lipinski definition) is 8. The van der Waals surface area contributed by atoms with Gasteiger partial charge in [0, 0.05) is 0 Å². The van der Waals surface area contributed by atoms with Crippen LogP contribution < -0.4 is 27.4 Å². The molecule has 13 nitrogen and oxygen atoms in total. The second kappa shape index (κ2) is 12.7. The van der Waals surface area contributed by atoms with E-state index in [1.54, 1.807) is 13.8 Å². The summed E-state index contributed by atoms with van der Waals surface area (Å²) in [6.07, 6.45) is -1.67. The average Bonchev–Trinajstić information content (AvgIpc) is 2.66. The van der Waals surface area contributed by atoms with E-state index in [-0.39, 0.29) is 0 Å². The number of aliphatic carboxylic acids is 1. The number of amides is 4. The number of carbonyl (C=O) groups is 5. The molecule has 0 radical (unpaired) electrons. The van der Waals surface area contributed by atoms with Crippen molar-refractivity contribution in [2.24, 2.45) is 17.4 Å². The Hall–Kier alpha value is -2.77. The lowest BCUT2D eigenvalue weighted by atomic mass is 9.97. The number of hydrogen-bond donors (Lipinski definition) is 8. The highest BCUT2D eigenvalue weighted by Crippen LogP contribution is 2.09. The SMILES string of the molecule is CCC(C)C(NC(=O)C(N)CO)C(=O)NC(C(=O)NC(CC(N)=O)C(=O)O)C(C)O. The largest absolute Gasteiger partial charge is 0.480 e. The molecule has 0 aliphatic heterocycles. The van der Waals surface area contributed by atoms with E-state index in [1.165, 1.54) is 6.92 Å². The zero-order valence-electron chi connectivity index (χ0n) is 17.1. The van der Waals surface area contributed by atoms with Gasteiger partial charge in [-0.3, -0.25) is 19.2 Å². The smallest absolute Gasteiger partial charge is 0.326 e. The van der Waals surface area contributed by atoms with Crippen LogP contribution in [0.3, 0.4) is 0 Å². The van der Waals surface area contributed by atoms with Crippen LogP contribution >= 0.6 is 0 Å². The van der Waals surface area contributed by atoms with E-state index in [1.807, 2.05) is 5.32 Å². The number of rotatable bonds is 13. The molecule has 0 bridgehead atoms. The van der Waals surface area contributed by atoms with E-state index in [0.717, 1.165) is 0 Å². The molecule has 0 aliphatic carbocycles. The number of nitrogens with one attached hydrogen (secondary N) is 3. The molecule has 30 heavy (non-hydrogen) atoms. The standard InChI is InChI=1S/C17H31N5O8/c1-4-7(2)12(21-14(26)9(18)6-23)15(27)22-13(8(3)24)16(28)20-10(17(29)30)5-11(19)25/h7-10,12-13,23-24H,4-6,18H2,1-3H3,(H2,19,25)(H,20,28)(H,21,26)(H,22,27)(H,29,30). The quantitative estimate of drug-likeness (QED) is 0.142. The Morgan fingerprint density at radius 2 is 1.43 bits per heavy atom. The summed E-state index contributed by atoms with van der Waals surface area (Å²) in [6.45, 7) is 3.95. The fourth-order valence-corrected chi connectivity index (χ4v) is 2.36. The number of carbonyl (C=O) groups excluding carboxylic acids is 4. The molecule has 4 amide bonds. The van der Waals surface area contributed by atoms with Crippen molar-refractivity contribution in [2.75, 3.05) is 6.61 Å². The van der Waals surface area contributed by atoms with Crippen LogP contribution in [0.4, 0.5) is 0 Å². The van der Waals surface area contributed by atoms with Crippen molar-refractivity contribution in [1.82, 2.24) is 16.0 Å². The third kappa shape index (κ3) is 8.71. The van der Waals surface area contributed by atoms with E-state index in [2.05, 4.69) is 10.6 Å². The molecule has 0 saturated carbocycles. The highest BCUT2D eigenvalue weighted by molar-refractivity contribution is 5.95. The lowest BCUT2D eigenvalue weighted by Crippen LogP contribution is -2.61. The van der Waals surface area contributed by atoms with Crippen LogP contribution in [-0.4, -0.2) is 81.8 Å². The Labute approximate surface area is 173 Å². The number of aliphatic hydroxyl groups excluding tert-OH is 2. The molecular weight excluding hydrogens is 402 g/mol. The van der Waals surface area contributed by atoms with Gasteiger partial charge in [0.25, 0.3) is 0 Å². The maximum absolute atomic E-state index is 12.7. The van der Waals surface area contributed by atoms with Crippen molar-refractivity contribution in [3.05, 3.63) is 0 Å². The van der Waals surface area contributed by atoms with Crippen LogP contribution in [-0.2, 0) is 24.0 Å². The Morgan fingerprint density at radius 1 is 0.933 bits per heavy atom. The Bertz CT molecular complexity index is 642. The van der Waals surface area contributed by atoms with Gasteiger partial charge >= 0.3 is 5.97 Å². The van der Waals surface area contributed by atoms with Crippen molar-refractivity contribution < 1.29 is 39.3 Å². The third-order valence-corrected chi connectivity index (χ3v) is 4.41. The fraction of sp³-hybridized carbons (Fsp3) is 0.706. The van der Waals surface area contributed by atoms with Gasteiger partial charge in [-0.15, -0.1) is 0 Å². The van der Waals surface area contributed by atoms with Crippen LogP contribution in [0, 0.1) is 5.92 Å². The van der Waals surface area contributed by atoms with Crippen molar-refractivity contribution in [1.29, 1.82) is 0 Å². The predicted octanol–water partition coefficient (Wildman–Crippen LogP) is -3.85. The first-order valence-electron chi connectivity index (χ1n) is 9.32. The molecular formula is C17H31N5O8. The van der Waals surface area contributed by atoms with Gasteiger partial charge in [-0.25, -0.2) is 4.79 Å². The highest BCUT2D eigenvalue weighted by atomic mass is 16.4. The predicted molar refractivity (Wildman–Crippen MR) is 103 cm³/mol. The van der Waals surface area contributed by atoms with Crippen molar-refractivity contribution in [3.63, 3.8) is 0 Å². The first kappa shape index (κ1) is 27.2. The molecule has 0 saturated heterocycles. The normalized spacial score (nSPS) is 16.9. The molecule has 0 spiro atoms. The van der Waals surface area contributed by atoms with Crippen LogP contribution in [0.25, 0.3) is 0 Å². The summed E-state index contributed by atoms with van der Waals surface area (Å²) in [5.74, 6) is -5.58. The minimum absolute atomic E-state index is 0.404. The molecule has 0 rings (SSSR count). The monoisotopic (exact) mass is 433 g/mol. The number of nitrogens with two attached hydrogens (primary N) is 2. The number of carboxylic acid groups (broad SMARTS) is 1. The molecule has 0 heterocycles. The second-order valence-corrected chi connectivity index (χ2v) is 6.96. The maximum Gasteiger partial charge on any atom is 0.326 e. The molecule has 6 unspecified atom stereocenters. The molecule has 6 atom stereocenters. The number of aliphatic hydroxyl groups is 2. The van der Waals surface area contributed by atoms with Crippen LogP contribution in [0.5, 0.6) is 0 Å². The van der Waals surface area contributed by atoms with Crippen molar-refractivity contribution in [2.45, 2.75) is 63.9 Å². The van der Waals surface area contributed by atoms with Crippen molar-refractivity contribution in [3.8, 4) is 0 Å². The van der Waals surface area contributed by atoms with Crippen LogP contribution in [0.15, 0.2) is 0 Å². The lowest BCUT2D eigenvalue weighted by molar-refractivity contribution is -0.144. The Balaban J connectivity index is 5.46. The Morgan fingerprint density at radius 3 is 1.83 bits per heavy atom. The van der Waals surface area contributed by atoms with Crippen LogP contribution in [0.1, 0.15) is 33.6 Å². The topological polar surface area (TPSA) is 234 Å². The lowest BCUT2D eigenvalue weighted by Gasteiger charge is -2.28. The molecule has 0 aromatic carbocycles. The van der Waals surface area contributed by atoms with E-state index >= 15 is 0 Å². The first-order valence-corrected chi connectivity index (χ1v) is 9.32. The molecule has 13 heteroatoms. The summed E-state index contributed by atoms with van der Waals surface area (Å²) in [5.41, 5.74) is 10.4. The highest BCUT2D eigenvalue weighted by Gasteiger charge is 2.34. The first-order chi connectivity index (χ1) is 13.8. The molecule has 0 aromatic heterocycles. The van der Waals surface area contributed by atoms with E-state index in [9.17, 15) is 29.1 Å². The summed E-state index contributed by atoms with van der Waals surface area (Å²) in [4.78, 5) is 59.2. The molecule has 172 valence electrons. The minimum atomic E-state index is -1.65. The zero-order valence-corrected chi connectivity index (χ0v) is 17.1. The summed E-state index contributed by atoms with van der Waals surface area (Å²) >= 11 is 0. The van der Waals surface area contributed by atoms with Crippen molar-refractivity contribution >= 4 is 29.6 Å². The molecule has 0 aromatic rings. The van der Waals surface area contributed by atoms with E-state index in [0.29, 0.717) is 6.42 Å². The van der Waals surface area contributed by atoms with E-state index in [4.69, 9.17) is 21.7 Å². The van der Waals surface area contributed by atoms with Gasteiger partial charge in [-0.05, 0) is 12.8 Å². The minimum Gasteiger partial charge on any atom is -0.480 e. The average molecular weight is 433 g/mol. The van der Waals surface area contributed by atoms with E-state index < -0.39 is 78.8 Å². The van der Waals surface area contributed by atoms with Gasteiger partial charge in [0.15, 0.2) is 0 Å². The van der Waals surface area contributed by atoms with Gasteiger partial charge in [-0.2, -0.15) is 0 Å². The van der Waals surface area contributed by atoms with Gasteiger partial charge < -0.3 is 42.7 Å². The molecule has 10 N–H and O–H groups in total. The summed E-state index contributed by atoms with van der Waals surface area (Å²) in [5, 5.41) is 34.6. The zero-order chi connectivity index (χ0) is 23.6. The summed E-state index contributed by atoms with van der Waals surface area (Å²) in [6, 6.07) is -5.64.